The molecule has 0 bridgehead atoms. The summed E-state index contributed by atoms with van der Waals surface area (Å²) in [5.41, 5.74) is 0.216. The van der Waals surface area contributed by atoms with E-state index in [1.54, 1.807) is 18.2 Å². The number of benzene rings is 1. The van der Waals surface area contributed by atoms with Gasteiger partial charge in [0, 0.05) is 17.8 Å². The second-order valence-corrected chi connectivity index (χ2v) is 6.01. The summed E-state index contributed by atoms with van der Waals surface area (Å²) in [5, 5.41) is 1.56. The first-order chi connectivity index (χ1) is 7.97. The van der Waals surface area contributed by atoms with Crippen molar-refractivity contribution in [3.63, 3.8) is 0 Å². The average Bonchev–Trinajstić information content (AvgIpc) is 2.26. The Morgan fingerprint density at radius 1 is 1.24 bits per heavy atom. The molecule has 1 heterocycles. The quantitative estimate of drug-likeness (QED) is 0.772. The number of rotatable bonds is 3. The fraction of sp³-hybridized carbons (Fsp3) is 0.167. The monoisotopic (exact) mass is 249 g/mol. The van der Waals surface area contributed by atoms with Gasteiger partial charge in [0.1, 0.15) is 11.4 Å². The predicted octanol–water partition coefficient (Wildman–Crippen LogP) is 1.46. The van der Waals surface area contributed by atoms with Crippen LogP contribution in [0, 0.1) is 0 Å². The van der Waals surface area contributed by atoms with Gasteiger partial charge >= 0.3 is 0 Å². The number of Topliss-reactive ketones (excluding diaryl/α,β-unsaturated/α-hetero) is 1. The maximum absolute atomic E-state index is 11.8. The van der Waals surface area contributed by atoms with Crippen LogP contribution >= 0.6 is 0 Å². The minimum Gasteiger partial charge on any atom is -0.291 e. The van der Waals surface area contributed by atoms with Crippen molar-refractivity contribution in [1.82, 2.24) is 4.98 Å². The third-order valence-electron chi connectivity index (χ3n) is 2.33. The van der Waals surface area contributed by atoms with Crippen molar-refractivity contribution in [1.29, 1.82) is 0 Å². The van der Waals surface area contributed by atoms with E-state index in [0.717, 1.165) is 11.6 Å². The largest absolute Gasteiger partial charge is 0.291 e. The summed E-state index contributed by atoms with van der Waals surface area (Å²) in [6.45, 7) is 0. The molecule has 2 aromatic rings. The van der Waals surface area contributed by atoms with E-state index in [1.807, 2.05) is 12.1 Å². The summed E-state index contributed by atoms with van der Waals surface area (Å²) in [6, 6.07) is 9.05. The Labute approximate surface area is 99.2 Å². The molecule has 0 amide bonds. The normalized spacial score (nSPS) is 11.6. The zero-order valence-corrected chi connectivity index (χ0v) is 10.1. The average molecular weight is 249 g/mol. The highest BCUT2D eigenvalue weighted by Crippen LogP contribution is 2.16. The number of pyridine rings is 1. The fourth-order valence-electron chi connectivity index (χ4n) is 1.65. The molecule has 88 valence electrons. The Morgan fingerprint density at radius 2 is 1.94 bits per heavy atom. The molecule has 5 heteroatoms. The lowest BCUT2D eigenvalue weighted by Crippen LogP contribution is -2.16. The number of hydrogen-bond donors (Lipinski definition) is 0. The molecule has 0 aliphatic carbocycles. The van der Waals surface area contributed by atoms with Crippen molar-refractivity contribution >= 4 is 26.4 Å². The molecule has 2 rings (SSSR count). The molecule has 0 aliphatic rings. The molecule has 4 nitrogen and oxygen atoms in total. The number of aromatic nitrogens is 1. The van der Waals surface area contributed by atoms with Crippen LogP contribution in [0.4, 0.5) is 0 Å². The molecule has 0 aliphatic heterocycles. The highest BCUT2D eigenvalue weighted by atomic mass is 32.2. The molecule has 0 radical (unpaired) electrons. The maximum atomic E-state index is 11.8. The minimum absolute atomic E-state index is 0.216. The topological polar surface area (TPSA) is 64.1 Å². The van der Waals surface area contributed by atoms with Gasteiger partial charge < -0.3 is 0 Å². The standard InChI is InChI=1S/C12H11NO3S/c1-17(15,16)8-11(14)12-10-5-3-2-4-9(10)6-7-13-12/h2-7H,8H2,1H3. The molecule has 1 aromatic heterocycles. The lowest BCUT2D eigenvalue weighted by molar-refractivity contribution is 0.101. The molecular weight excluding hydrogens is 238 g/mol. The van der Waals surface area contributed by atoms with Crippen molar-refractivity contribution in [2.75, 3.05) is 12.0 Å². The Morgan fingerprint density at radius 3 is 2.65 bits per heavy atom. The van der Waals surface area contributed by atoms with E-state index in [-0.39, 0.29) is 5.69 Å². The Bertz CT molecular complexity index is 672. The van der Waals surface area contributed by atoms with Gasteiger partial charge in [-0.2, -0.15) is 0 Å². The highest BCUT2D eigenvalue weighted by molar-refractivity contribution is 7.91. The van der Waals surface area contributed by atoms with Crippen LogP contribution in [0.5, 0.6) is 0 Å². The molecule has 17 heavy (non-hydrogen) atoms. The fourth-order valence-corrected chi connectivity index (χ4v) is 2.26. The first-order valence-electron chi connectivity index (χ1n) is 5.02. The Hall–Kier alpha value is -1.75. The third kappa shape index (κ3) is 2.68. The summed E-state index contributed by atoms with van der Waals surface area (Å²) >= 11 is 0. The van der Waals surface area contributed by atoms with E-state index in [2.05, 4.69) is 4.98 Å². The van der Waals surface area contributed by atoms with Crippen LogP contribution in [0.15, 0.2) is 36.5 Å². The van der Waals surface area contributed by atoms with Gasteiger partial charge in [-0.05, 0) is 11.5 Å². The van der Waals surface area contributed by atoms with E-state index in [4.69, 9.17) is 0 Å². The van der Waals surface area contributed by atoms with Crippen LogP contribution in [0.2, 0.25) is 0 Å². The molecule has 1 aromatic carbocycles. The number of nitrogens with zero attached hydrogens (tertiary/aromatic N) is 1. The SMILES string of the molecule is CS(=O)(=O)CC(=O)c1nccc2ccccc12. The van der Waals surface area contributed by atoms with Gasteiger partial charge in [-0.25, -0.2) is 8.42 Å². The number of hydrogen-bond acceptors (Lipinski definition) is 4. The summed E-state index contributed by atoms with van der Waals surface area (Å²) < 4.78 is 22.2. The van der Waals surface area contributed by atoms with E-state index in [1.165, 1.54) is 6.20 Å². The first kappa shape index (κ1) is 11.7. The number of carbonyl (C=O) groups is 1. The number of ketones is 1. The number of sulfone groups is 1. The second-order valence-electron chi connectivity index (χ2n) is 3.87. The minimum atomic E-state index is -3.33. The van der Waals surface area contributed by atoms with E-state index < -0.39 is 21.4 Å². The molecule has 0 saturated heterocycles. The molecule has 0 N–H and O–H groups in total. The first-order valence-corrected chi connectivity index (χ1v) is 7.08. The smallest absolute Gasteiger partial charge is 0.196 e. The van der Waals surface area contributed by atoms with E-state index >= 15 is 0 Å². The molecule has 0 spiro atoms. The summed E-state index contributed by atoms with van der Waals surface area (Å²) in [7, 11) is -3.33. The van der Waals surface area contributed by atoms with E-state index in [0.29, 0.717) is 5.39 Å². The summed E-state index contributed by atoms with van der Waals surface area (Å²) in [5.74, 6) is -0.974. The third-order valence-corrected chi connectivity index (χ3v) is 3.12. The van der Waals surface area contributed by atoms with Crippen molar-refractivity contribution in [3.8, 4) is 0 Å². The molecule has 0 atom stereocenters. The van der Waals surface area contributed by atoms with Crippen LogP contribution in [0.3, 0.4) is 0 Å². The molecular formula is C12H11NO3S. The van der Waals surface area contributed by atoms with Crippen LogP contribution < -0.4 is 0 Å². The Kier molecular flexibility index (Phi) is 2.93. The molecule has 0 saturated carbocycles. The lowest BCUT2D eigenvalue weighted by Gasteiger charge is -2.03. The Balaban J connectivity index is 2.52. The number of carbonyl (C=O) groups excluding carboxylic acids is 1. The van der Waals surface area contributed by atoms with Gasteiger partial charge in [0.05, 0.1) is 0 Å². The van der Waals surface area contributed by atoms with Crippen LogP contribution in [0.25, 0.3) is 10.8 Å². The van der Waals surface area contributed by atoms with Gasteiger partial charge in [0.2, 0.25) is 0 Å². The van der Waals surface area contributed by atoms with Crippen molar-refractivity contribution < 1.29 is 13.2 Å². The highest BCUT2D eigenvalue weighted by Gasteiger charge is 2.16. The van der Waals surface area contributed by atoms with Gasteiger partial charge in [-0.1, -0.05) is 24.3 Å². The van der Waals surface area contributed by atoms with Crippen molar-refractivity contribution in [2.24, 2.45) is 0 Å². The van der Waals surface area contributed by atoms with E-state index in [9.17, 15) is 13.2 Å². The van der Waals surface area contributed by atoms with Crippen LogP contribution in [-0.4, -0.2) is 31.2 Å². The lowest BCUT2D eigenvalue weighted by atomic mass is 10.1. The summed E-state index contributed by atoms with van der Waals surface area (Å²) in [6.07, 6.45) is 2.55. The molecule has 0 unspecified atom stereocenters. The molecule has 0 fully saturated rings. The van der Waals surface area contributed by atoms with Gasteiger partial charge in [0.25, 0.3) is 0 Å². The van der Waals surface area contributed by atoms with Crippen LogP contribution in [-0.2, 0) is 9.84 Å². The van der Waals surface area contributed by atoms with Gasteiger partial charge in [0.15, 0.2) is 15.6 Å². The number of fused-ring (bicyclic) bond motifs is 1. The van der Waals surface area contributed by atoms with Gasteiger partial charge in [-0.3, -0.25) is 9.78 Å². The predicted molar refractivity (Wildman–Crippen MR) is 65.8 cm³/mol. The second kappa shape index (κ2) is 4.25. The van der Waals surface area contributed by atoms with Gasteiger partial charge in [-0.15, -0.1) is 0 Å². The van der Waals surface area contributed by atoms with Crippen LogP contribution in [0.1, 0.15) is 10.5 Å². The zero-order valence-electron chi connectivity index (χ0n) is 9.25. The van der Waals surface area contributed by atoms with Crippen molar-refractivity contribution in [3.05, 3.63) is 42.2 Å². The summed E-state index contributed by atoms with van der Waals surface area (Å²) in [4.78, 5) is 15.8. The zero-order chi connectivity index (χ0) is 12.5. The maximum Gasteiger partial charge on any atom is 0.196 e. The van der Waals surface area contributed by atoms with Crippen molar-refractivity contribution in [2.45, 2.75) is 0 Å².